The number of methoxy groups -OCH3 is 1. The first kappa shape index (κ1) is 16.8. The number of aryl methyl sites for hydroxylation is 2. The van der Waals surface area contributed by atoms with E-state index in [-0.39, 0.29) is 16.9 Å². The van der Waals surface area contributed by atoms with Crippen molar-refractivity contribution >= 4 is 16.9 Å². The molecular weight excluding hydrogens is 324 g/mol. The molecule has 0 radical (unpaired) electrons. The number of fused-ring (bicyclic) bond motifs is 1. The average molecular weight is 342 g/mol. The monoisotopic (exact) mass is 342 g/mol. The first-order valence-electron chi connectivity index (χ1n) is 7.78. The van der Waals surface area contributed by atoms with Crippen molar-refractivity contribution in [2.75, 3.05) is 7.11 Å². The van der Waals surface area contributed by atoms with Crippen molar-refractivity contribution in [2.45, 2.75) is 26.9 Å². The van der Waals surface area contributed by atoms with Crippen LogP contribution in [-0.2, 0) is 9.53 Å². The predicted octanol–water partition coefficient (Wildman–Crippen LogP) is 3.61. The van der Waals surface area contributed by atoms with E-state index in [1.807, 2.05) is 13.8 Å². The summed E-state index contributed by atoms with van der Waals surface area (Å²) in [7, 11) is 1.25. The van der Waals surface area contributed by atoms with Crippen LogP contribution in [0.25, 0.3) is 22.5 Å². The van der Waals surface area contributed by atoms with Crippen LogP contribution in [0.5, 0.6) is 5.75 Å². The highest BCUT2D eigenvalue weighted by Gasteiger charge is 2.24. The molecule has 0 N–H and O–H groups in total. The lowest BCUT2D eigenvalue weighted by atomic mass is 10.1. The number of rotatable bonds is 4. The quantitative estimate of drug-likeness (QED) is 0.674. The molecule has 0 aliphatic rings. The van der Waals surface area contributed by atoms with Gasteiger partial charge < -0.3 is 18.3 Å². The van der Waals surface area contributed by atoms with E-state index in [0.29, 0.717) is 16.7 Å². The second kappa shape index (κ2) is 6.47. The molecule has 0 saturated carbocycles. The smallest absolute Gasteiger partial charge is 0.346 e. The fourth-order valence-electron chi connectivity index (χ4n) is 2.50. The molecule has 1 aromatic carbocycles. The molecule has 0 aliphatic carbocycles. The summed E-state index contributed by atoms with van der Waals surface area (Å²) in [5.74, 6) is -0.195. The van der Waals surface area contributed by atoms with Crippen molar-refractivity contribution in [1.29, 1.82) is 0 Å². The topological polar surface area (TPSA) is 78.9 Å². The molecule has 3 rings (SSSR count). The molecule has 25 heavy (non-hydrogen) atoms. The minimum Gasteiger partial charge on any atom is -0.471 e. The van der Waals surface area contributed by atoms with E-state index < -0.39 is 12.1 Å². The largest absolute Gasteiger partial charge is 0.471 e. The summed E-state index contributed by atoms with van der Waals surface area (Å²) in [4.78, 5) is 24.7. The van der Waals surface area contributed by atoms with Crippen molar-refractivity contribution in [3.05, 3.63) is 51.9 Å². The number of ether oxygens (including phenoxy) is 2. The summed E-state index contributed by atoms with van der Waals surface area (Å²) in [6.07, 6.45) is 0.499. The molecular formula is C19H18O6. The van der Waals surface area contributed by atoms with E-state index in [2.05, 4.69) is 4.74 Å². The number of esters is 1. The average Bonchev–Trinajstić information content (AvgIpc) is 3.12. The van der Waals surface area contributed by atoms with Gasteiger partial charge in [-0.15, -0.1) is 0 Å². The Morgan fingerprint density at radius 1 is 1.20 bits per heavy atom. The molecule has 1 atom stereocenters. The standard InChI is InChI=1S/C19H18O6/c1-10-8-13-15(9-11(10)2)25-17(14-6-5-7-23-14)18(16(13)20)24-12(3)19(21)22-4/h5-9,12H,1-4H3/t12-/m0/s1. The minimum atomic E-state index is -0.967. The molecule has 0 unspecified atom stereocenters. The van der Waals surface area contributed by atoms with Crippen LogP contribution in [0.1, 0.15) is 18.1 Å². The number of hydrogen-bond donors (Lipinski definition) is 0. The summed E-state index contributed by atoms with van der Waals surface area (Å²) in [6, 6.07) is 6.87. The van der Waals surface area contributed by atoms with Gasteiger partial charge in [-0.1, -0.05) is 0 Å². The molecule has 0 saturated heterocycles. The van der Waals surface area contributed by atoms with Gasteiger partial charge in [-0.2, -0.15) is 0 Å². The van der Waals surface area contributed by atoms with E-state index in [0.717, 1.165) is 11.1 Å². The van der Waals surface area contributed by atoms with Crippen LogP contribution in [0.3, 0.4) is 0 Å². The van der Waals surface area contributed by atoms with Gasteiger partial charge in [0, 0.05) is 0 Å². The Kier molecular flexibility index (Phi) is 4.35. The lowest BCUT2D eigenvalue weighted by Gasteiger charge is -2.15. The predicted molar refractivity (Wildman–Crippen MR) is 91.8 cm³/mol. The molecule has 0 aliphatic heterocycles. The number of carbonyl (C=O) groups is 1. The third-order valence-corrected chi connectivity index (χ3v) is 4.04. The van der Waals surface area contributed by atoms with Gasteiger partial charge in [0.05, 0.1) is 18.8 Å². The molecule has 2 heterocycles. The van der Waals surface area contributed by atoms with Gasteiger partial charge in [0.15, 0.2) is 11.9 Å². The lowest BCUT2D eigenvalue weighted by Crippen LogP contribution is -2.27. The van der Waals surface area contributed by atoms with Crippen molar-refractivity contribution in [1.82, 2.24) is 0 Å². The molecule has 3 aromatic rings. The number of benzene rings is 1. The van der Waals surface area contributed by atoms with Crippen LogP contribution in [0, 0.1) is 13.8 Å². The minimum absolute atomic E-state index is 0.0800. The normalized spacial score (nSPS) is 12.2. The van der Waals surface area contributed by atoms with E-state index in [1.165, 1.54) is 20.3 Å². The zero-order valence-corrected chi connectivity index (χ0v) is 14.4. The summed E-state index contributed by atoms with van der Waals surface area (Å²) in [6.45, 7) is 5.35. The summed E-state index contributed by atoms with van der Waals surface area (Å²) in [5, 5.41) is 0.380. The third kappa shape index (κ3) is 3.03. The fraction of sp³-hybridized carbons (Fsp3) is 0.263. The molecule has 2 aromatic heterocycles. The maximum Gasteiger partial charge on any atom is 0.346 e. The first-order valence-corrected chi connectivity index (χ1v) is 7.78. The zero-order valence-electron chi connectivity index (χ0n) is 14.4. The Balaban J connectivity index is 2.26. The van der Waals surface area contributed by atoms with Gasteiger partial charge in [-0.3, -0.25) is 4.79 Å². The van der Waals surface area contributed by atoms with E-state index in [4.69, 9.17) is 13.6 Å². The van der Waals surface area contributed by atoms with Crippen LogP contribution in [0.15, 0.2) is 44.2 Å². The Morgan fingerprint density at radius 3 is 2.56 bits per heavy atom. The van der Waals surface area contributed by atoms with Crippen LogP contribution in [0.4, 0.5) is 0 Å². The van der Waals surface area contributed by atoms with E-state index in [9.17, 15) is 9.59 Å². The van der Waals surface area contributed by atoms with Crippen LogP contribution >= 0.6 is 0 Å². The molecule has 0 spiro atoms. The Morgan fingerprint density at radius 2 is 1.92 bits per heavy atom. The fourth-order valence-corrected chi connectivity index (χ4v) is 2.50. The SMILES string of the molecule is COC(=O)[C@H](C)Oc1c(-c2ccco2)oc2cc(C)c(C)cc2c1=O. The highest BCUT2D eigenvalue weighted by atomic mass is 16.6. The van der Waals surface area contributed by atoms with Crippen LogP contribution in [0.2, 0.25) is 0 Å². The van der Waals surface area contributed by atoms with Gasteiger partial charge in [0.25, 0.3) is 0 Å². The van der Waals surface area contributed by atoms with Crippen LogP contribution < -0.4 is 10.2 Å². The maximum absolute atomic E-state index is 13.0. The summed E-state index contributed by atoms with van der Waals surface area (Å²) < 4.78 is 21.5. The first-order chi connectivity index (χ1) is 11.9. The Hall–Kier alpha value is -3.02. The van der Waals surface area contributed by atoms with Crippen LogP contribution in [-0.4, -0.2) is 19.2 Å². The number of furan rings is 1. The number of hydrogen-bond acceptors (Lipinski definition) is 6. The second-order valence-electron chi connectivity index (χ2n) is 5.78. The van der Waals surface area contributed by atoms with Gasteiger partial charge in [-0.05, 0) is 56.2 Å². The van der Waals surface area contributed by atoms with E-state index >= 15 is 0 Å². The Bertz CT molecular complexity index is 981. The Labute approximate surface area is 144 Å². The van der Waals surface area contributed by atoms with Crippen molar-refractivity contribution in [2.24, 2.45) is 0 Å². The molecule has 130 valence electrons. The summed E-state index contributed by atoms with van der Waals surface area (Å²) >= 11 is 0. The van der Waals surface area contributed by atoms with E-state index in [1.54, 1.807) is 24.3 Å². The van der Waals surface area contributed by atoms with Crippen molar-refractivity contribution in [3.8, 4) is 17.3 Å². The second-order valence-corrected chi connectivity index (χ2v) is 5.78. The maximum atomic E-state index is 13.0. The molecule has 0 fully saturated rings. The third-order valence-electron chi connectivity index (χ3n) is 4.04. The highest BCUT2D eigenvalue weighted by Crippen LogP contribution is 2.32. The molecule has 6 heteroatoms. The number of carbonyl (C=O) groups excluding carboxylic acids is 1. The van der Waals surface area contributed by atoms with Gasteiger partial charge >= 0.3 is 5.97 Å². The lowest BCUT2D eigenvalue weighted by molar-refractivity contribution is -0.147. The van der Waals surface area contributed by atoms with Gasteiger partial charge in [0.1, 0.15) is 5.58 Å². The zero-order chi connectivity index (χ0) is 18.1. The highest BCUT2D eigenvalue weighted by molar-refractivity contribution is 5.83. The molecule has 6 nitrogen and oxygen atoms in total. The van der Waals surface area contributed by atoms with Gasteiger partial charge in [0.2, 0.25) is 16.9 Å². The summed E-state index contributed by atoms with van der Waals surface area (Å²) in [5.41, 5.74) is 2.01. The van der Waals surface area contributed by atoms with Crippen molar-refractivity contribution in [3.63, 3.8) is 0 Å². The van der Waals surface area contributed by atoms with Gasteiger partial charge in [-0.25, -0.2) is 4.79 Å². The van der Waals surface area contributed by atoms with Crippen molar-refractivity contribution < 1.29 is 23.1 Å². The molecule has 0 bridgehead atoms. The molecule has 0 amide bonds.